The van der Waals surface area contributed by atoms with E-state index in [2.05, 4.69) is 38.7 Å². The molecule has 2 unspecified atom stereocenters. The van der Waals surface area contributed by atoms with Crippen LogP contribution in [0.2, 0.25) is 0 Å². The number of carbonyl (C=O) groups is 1. The van der Waals surface area contributed by atoms with Crippen molar-refractivity contribution in [2.45, 2.75) is 32.1 Å². The molecule has 1 aliphatic heterocycles. The second-order valence-electron chi connectivity index (χ2n) is 6.60. The van der Waals surface area contributed by atoms with Gasteiger partial charge in [-0.2, -0.15) is 0 Å². The highest BCUT2D eigenvalue weighted by Crippen LogP contribution is 2.18. The maximum absolute atomic E-state index is 12.6. The van der Waals surface area contributed by atoms with Crippen LogP contribution in [0.5, 0.6) is 0 Å². The van der Waals surface area contributed by atoms with E-state index in [-0.39, 0.29) is 24.2 Å². The van der Waals surface area contributed by atoms with Crippen molar-refractivity contribution in [3.8, 4) is 0 Å². The van der Waals surface area contributed by atoms with Gasteiger partial charge in [-0.25, -0.2) is 0 Å². The van der Waals surface area contributed by atoms with Crippen molar-refractivity contribution in [1.29, 1.82) is 0 Å². The van der Waals surface area contributed by atoms with Gasteiger partial charge in [-0.1, -0.05) is 28.1 Å². The number of benzene rings is 1. The van der Waals surface area contributed by atoms with E-state index >= 15 is 0 Å². The van der Waals surface area contributed by atoms with Gasteiger partial charge in [0.2, 0.25) is 5.91 Å². The molecule has 2 atom stereocenters. The van der Waals surface area contributed by atoms with Crippen LogP contribution in [0.1, 0.15) is 31.2 Å². The molecular weight excluding hydrogens is 404 g/mol. The average Bonchev–Trinajstić information content (AvgIpc) is 2.59. The molecule has 0 radical (unpaired) electrons. The van der Waals surface area contributed by atoms with Gasteiger partial charge < -0.3 is 15.4 Å². The first-order valence-corrected chi connectivity index (χ1v) is 9.70. The molecule has 142 valence electrons. The molecule has 1 aliphatic rings. The van der Waals surface area contributed by atoms with Crippen molar-refractivity contribution in [1.82, 2.24) is 10.6 Å². The third-order valence-corrected chi connectivity index (χ3v) is 5.16. The van der Waals surface area contributed by atoms with Crippen LogP contribution in [-0.2, 0) is 16.0 Å². The van der Waals surface area contributed by atoms with E-state index in [9.17, 15) is 4.79 Å². The number of ether oxygens (including phenoxy) is 1. The second kappa shape index (κ2) is 12.7. The molecule has 6 heteroatoms. The summed E-state index contributed by atoms with van der Waals surface area (Å²) >= 11 is 3.50. The van der Waals surface area contributed by atoms with Crippen LogP contribution in [0.4, 0.5) is 0 Å². The highest BCUT2D eigenvalue weighted by molar-refractivity contribution is 9.10. The first kappa shape index (κ1) is 22.4. The Morgan fingerprint density at radius 2 is 2.32 bits per heavy atom. The fraction of sp³-hybridized carbons (Fsp3) is 0.632. The number of nitrogens with one attached hydrogen (secondary N) is 2. The lowest BCUT2D eigenvalue weighted by molar-refractivity contribution is -0.125. The molecule has 0 aromatic heterocycles. The average molecular weight is 434 g/mol. The minimum absolute atomic E-state index is 0. The minimum Gasteiger partial charge on any atom is -0.385 e. The first-order valence-electron chi connectivity index (χ1n) is 8.91. The minimum atomic E-state index is -0.0382. The number of halogens is 2. The van der Waals surface area contributed by atoms with Crippen LogP contribution < -0.4 is 10.6 Å². The number of rotatable bonds is 9. The number of hydrogen-bond acceptors (Lipinski definition) is 3. The molecular formula is C19H30BrClN2O2. The molecule has 0 saturated carbocycles. The monoisotopic (exact) mass is 432 g/mol. The van der Waals surface area contributed by atoms with Crippen molar-refractivity contribution in [2.24, 2.45) is 11.8 Å². The van der Waals surface area contributed by atoms with E-state index in [0.29, 0.717) is 12.5 Å². The summed E-state index contributed by atoms with van der Waals surface area (Å²) in [5.41, 5.74) is 1.18. The Labute approximate surface area is 166 Å². The lowest BCUT2D eigenvalue weighted by atomic mass is 9.94. The lowest BCUT2D eigenvalue weighted by Gasteiger charge is -2.23. The Morgan fingerprint density at radius 3 is 3.00 bits per heavy atom. The Kier molecular flexibility index (Phi) is 11.4. The summed E-state index contributed by atoms with van der Waals surface area (Å²) in [5.74, 6) is 0.807. The van der Waals surface area contributed by atoms with Gasteiger partial charge in [0.25, 0.3) is 0 Å². The maximum Gasteiger partial charge on any atom is 0.223 e. The molecule has 0 spiro atoms. The molecule has 0 aliphatic carbocycles. The zero-order valence-corrected chi connectivity index (χ0v) is 17.3. The van der Waals surface area contributed by atoms with Gasteiger partial charge in [0.05, 0.1) is 0 Å². The van der Waals surface area contributed by atoms with Gasteiger partial charge in [0.1, 0.15) is 0 Å². The molecule has 25 heavy (non-hydrogen) atoms. The van der Waals surface area contributed by atoms with Gasteiger partial charge in [0.15, 0.2) is 0 Å². The van der Waals surface area contributed by atoms with Gasteiger partial charge >= 0.3 is 0 Å². The van der Waals surface area contributed by atoms with Crippen LogP contribution in [0.15, 0.2) is 28.7 Å². The van der Waals surface area contributed by atoms with Crippen LogP contribution >= 0.6 is 28.3 Å². The number of piperidine rings is 1. The van der Waals surface area contributed by atoms with Crippen LogP contribution in [-0.4, -0.2) is 39.3 Å². The molecule has 1 aromatic carbocycles. The third kappa shape index (κ3) is 8.54. The third-order valence-electron chi connectivity index (χ3n) is 4.66. The van der Waals surface area contributed by atoms with E-state index in [4.69, 9.17) is 4.74 Å². The van der Waals surface area contributed by atoms with Crippen LogP contribution in [0.3, 0.4) is 0 Å². The fourth-order valence-corrected chi connectivity index (χ4v) is 3.70. The number of hydrogen-bond donors (Lipinski definition) is 2. The second-order valence-corrected chi connectivity index (χ2v) is 7.52. The zero-order valence-electron chi connectivity index (χ0n) is 14.9. The van der Waals surface area contributed by atoms with E-state index < -0.39 is 0 Å². The predicted molar refractivity (Wildman–Crippen MR) is 108 cm³/mol. The van der Waals surface area contributed by atoms with Gasteiger partial charge in [-0.05, 0) is 68.8 Å². The highest BCUT2D eigenvalue weighted by Gasteiger charge is 2.19. The SMILES string of the molecule is COCCC(Cc1cccc(Br)c1)C(=O)NCCC1CCCNC1.Cl. The smallest absolute Gasteiger partial charge is 0.223 e. The van der Waals surface area contributed by atoms with Gasteiger partial charge in [0, 0.05) is 30.7 Å². The molecule has 1 amide bonds. The van der Waals surface area contributed by atoms with Gasteiger partial charge in [-0.3, -0.25) is 4.79 Å². The number of carbonyl (C=O) groups excluding carboxylic acids is 1. The summed E-state index contributed by atoms with van der Waals surface area (Å²) in [6.45, 7) is 3.60. The van der Waals surface area contributed by atoms with Crippen molar-refractivity contribution in [2.75, 3.05) is 33.4 Å². The standard InChI is InChI=1S/C19H29BrN2O2.ClH/c1-24-11-8-17(12-16-4-2-6-18(20)13-16)19(23)22-10-7-15-5-3-9-21-14-15;/h2,4,6,13,15,17,21H,3,5,7-12,14H2,1H3,(H,22,23);1H. The lowest BCUT2D eigenvalue weighted by Crippen LogP contribution is -2.36. The molecule has 2 N–H and O–H groups in total. The molecule has 0 bridgehead atoms. The molecule has 1 saturated heterocycles. The summed E-state index contributed by atoms with van der Waals surface area (Å²) in [7, 11) is 1.68. The topological polar surface area (TPSA) is 50.4 Å². The number of methoxy groups -OCH3 is 1. The Morgan fingerprint density at radius 1 is 1.48 bits per heavy atom. The van der Waals surface area contributed by atoms with Gasteiger partial charge in [-0.15, -0.1) is 12.4 Å². The Bertz CT molecular complexity index is 510. The van der Waals surface area contributed by atoms with E-state index in [1.807, 2.05) is 12.1 Å². The van der Waals surface area contributed by atoms with E-state index in [1.54, 1.807) is 7.11 Å². The number of amides is 1. The normalized spacial score (nSPS) is 18.2. The Hall–Kier alpha value is -0.620. The van der Waals surface area contributed by atoms with Crippen molar-refractivity contribution < 1.29 is 9.53 Å². The van der Waals surface area contributed by atoms with Crippen molar-refractivity contribution in [3.05, 3.63) is 34.3 Å². The molecule has 2 rings (SSSR count). The summed E-state index contributed by atoms with van der Waals surface area (Å²) in [6, 6.07) is 8.18. The summed E-state index contributed by atoms with van der Waals surface area (Å²) in [5, 5.41) is 6.57. The predicted octanol–water partition coefficient (Wildman–Crippen LogP) is 3.57. The summed E-state index contributed by atoms with van der Waals surface area (Å²) in [6.07, 6.45) is 5.08. The van der Waals surface area contributed by atoms with E-state index in [1.165, 1.54) is 18.4 Å². The molecule has 1 aromatic rings. The quantitative estimate of drug-likeness (QED) is 0.626. The van der Waals surface area contributed by atoms with Crippen molar-refractivity contribution in [3.63, 3.8) is 0 Å². The largest absolute Gasteiger partial charge is 0.385 e. The van der Waals surface area contributed by atoms with Crippen LogP contribution in [0.25, 0.3) is 0 Å². The molecule has 1 fully saturated rings. The first-order chi connectivity index (χ1) is 11.7. The molecule has 1 heterocycles. The highest BCUT2D eigenvalue weighted by atomic mass is 79.9. The van der Waals surface area contributed by atoms with Crippen LogP contribution in [0, 0.1) is 11.8 Å². The fourth-order valence-electron chi connectivity index (χ4n) is 3.25. The maximum atomic E-state index is 12.6. The zero-order chi connectivity index (χ0) is 17.2. The summed E-state index contributed by atoms with van der Waals surface area (Å²) in [4.78, 5) is 12.6. The Balaban J connectivity index is 0.00000312. The summed E-state index contributed by atoms with van der Waals surface area (Å²) < 4.78 is 6.24. The molecule has 4 nitrogen and oxygen atoms in total. The van der Waals surface area contributed by atoms with Crippen molar-refractivity contribution >= 4 is 34.2 Å². The van der Waals surface area contributed by atoms with E-state index in [0.717, 1.165) is 43.4 Å².